The maximum Gasteiger partial charge on any atom is 0.119 e. The van der Waals surface area contributed by atoms with Crippen molar-refractivity contribution in [1.82, 2.24) is 0 Å². The van der Waals surface area contributed by atoms with Gasteiger partial charge in [0.25, 0.3) is 0 Å². The van der Waals surface area contributed by atoms with Gasteiger partial charge in [0.15, 0.2) is 0 Å². The standard InChI is InChI=1S/C40H58O4/c1-29(2)11-7-13-31(5)19-21-43-37-17-9-15-33(23-37)39-25-36(28-42)40(26-35(39)27-41)34-16-10-18-38(24-34)44-22-20-32(6)14-8-12-30(3)4/h9-10,15-18,23-26,29-32,41-42H,7-8,11-14,19-22,27-28H2,1-6H3. The van der Waals surface area contributed by atoms with Crippen LogP contribution in [0, 0.1) is 23.7 Å². The zero-order valence-corrected chi connectivity index (χ0v) is 28.3. The first kappa shape index (κ1) is 35.7. The molecular formula is C40H58O4. The molecular weight excluding hydrogens is 544 g/mol. The Hall–Kier alpha value is -2.82. The number of hydrogen-bond donors (Lipinski definition) is 2. The van der Waals surface area contributed by atoms with E-state index in [2.05, 4.69) is 41.5 Å². The van der Waals surface area contributed by atoms with Gasteiger partial charge in [-0.15, -0.1) is 0 Å². The van der Waals surface area contributed by atoms with Gasteiger partial charge in [0.05, 0.1) is 26.4 Å². The highest BCUT2D eigenvalue weighted by atomic mass is 16.5. The summed E-state index contributed by atoms with van der Waals surface area (Å²) in [6.45, 7) is 14.9. The largest absolute Gasteiger partial charge is 0.494 e. The van der Waals surface area contributed by atoms with Crippen LogP contribution in [0.15, 0.2) is 60.7 Å². The molecule has 0 spiro atoms. The Morgan fingerprint density at radius 3 is 1.30 bits per heavy atom. The Labute approximate surface area is 267 Å². The molecule has 0 saturated carbocycles. The van der Waals surface area contributed by atoms with Crippen LogP contribution in [-0.4, -0.2) is 23.4 Å². The molecule has 0 heterocycles. The van der Waals surface area contributed by atoms with Crippen LogP contribution in [0.1, 0.15) is 104 Å². The normalized spacial score (nSPS) is 13.0. The van der Waals surface area contributed by atoms with E-state index in [1.165, 1.54) is 38.5 Å². The van der Waals surface area contributed by atoms with Crippen LogP contribution in [0.3, 0.4) is 0 Å². The van der Waals surface area contributed by atoms with Crippen molar-refractivity contribution in [2.24, 2.45) is 23.7 Å². The van der Waals surface area contributed by atoms with E-state index in [1.807, 2.05) is 60.7 Å². The molecule has 0 aromatic heterocycles. The zero-order chi connectivity index (χ0) is 31.9. The van der Waals surface area contributed by atoms with Gasteiger partial charge in [-0.05, 0) is 106 Å². The summed E-state index contributed by atoms with van der Waals surface area (Å²) in [7, 11) is 0. The van der Waals surface area contributed by atoms with Crippen LogP contribution in [0.4, 0.5) is 0 Å². The van der Waals surface area contributed by atoms with Crippen LogP contribution in [0.5, 0.6) is 11.5 Å². The minimum absolute atomic E-state index is 0.0993. The Morgan fingerprint density at radius 1 is 0.523 bits per heavy atom. The maximum absolute atomic E-state index is 10.4. The predicted molar refractivity (Wildman–Crippen MR) is 185 cm³/mol. The molecule has 4 nitrogen and oxygen atoms in total. The maximum atomic E-state index is 10.4. The third-order valence-corrected chi connectivity index (χ3v) is 8.68. The van der Waals surface area contributed by atoms with Crippen molar-refractivity contribution in [3.05, 3.63) is 71.8 Å². The summed E-state index contributed by atoms with van der Waals surface area (Å²) < 4.78 is 12.3. The summed E-state index contributed by atoms with van der Waals surface area (Å²) in [6, 6.07) is 20.1. The van der Waals surface area contributed by atoms with Gasteiger partial charge in [0.1, 0.15) is 11.5 Å². The van der Waals surface area contributed by atoms with E-state index >= 15 is 0 Å². The van der Waals surface area contributed by atoms with Gasteiger partial charge in [0, 0.05) is 0 Å². The van der Waals surface area contributed by atoms with Crippen molar-refractivity contribution in [3.63, 3.8) is 0 Å². The molecule has 4 heteroatoms. The van der Waals surface area contributed by atoms with Gasteiger partial charge in [-0.3, -0.25) is 0 Å². The van der Waals surface area contributed by atoms with Crippen LogP contribution in [0.25, 0.3) is 22.3 Å². The summed E-state index contributed by atoms with van der Waals surface area (Å²) in [5.74, 6) is 4.47. The van der Waals surface area contributed by atoms with E-state index in [9.17, 15) is 10.2 Å². The average molecular weight is 603 g/mol. The molecule has 3 aromatic carbocycles. The number of ether oxygens (including phenoxy) is 2. The third-order valence-electron chi connectivity index (χ3n) is 8.68. The van der Waals surface area contributed by atoms with Gasteiger partial charge < -0.3 is 19.7 Å². The second-order valence-electron chi connectivity index (χ2n) is 13.7. The molecule has 3 aromatic rings. The molecule has 0 saturated heterocycles. The fourth-order valence-electron chi connectivity index (χ4n) is 5.79. The lowest BCUT2D eigenvalue weighted by Crippen LogP contribution is -2.05. The van der Waals surface area contributed by atoms with Gasteiger partial charge in [-0.25, -0.2) is 0 Å². The zero-order valence-electron chi connectivity index (χ0n) is 28.3. The Bertz CT molecular complexity index is 1150. The molecule has 0 aliphatic heterocycles. The first-order valence-corrected chi connectivity index (χ1v) is 17.0. The molecule has 2 unspecified atom stereocenters. The summed E-state index contributed by atoms with van der Waals surface area (Å²) >= 11 is 0. The first-order chi connectivity index (χ1) is 21.2. The van der Waals surface area contributed by atoms with Gasteiger partial charge in [0.2, 0.25) is 0 Å². The Morgan fingerprint density at radius 2 is 0.932 bits per heavy atom. The monoisotopic (exact) mass is 602 g/mol. The molecule has 0 radical (unpaired) electrons. The van der Waals surface area contributed by atoms with Crippen LogP contribution < -0.4 is 9.47 Å². The summed E-state index contributed by atoms with van der Waals surface area (Å²) in [6.07, 6.45) is 9.67. The van der Waals surface area contributed by atoms with Crippen molar-refractivity contribution in [3.8, 4) is 33.8 Å². The van der Waals surface area contributed by atoms with E-state index in [1.54, 1.807) is 0 Å². The fourth-order valence-corrected chi connectivity index (χ4v) is 5.79. The third kappa shape index (κ3) is 11.9. The van der Waals surface area contributed by atoms with E-state index in [0.29, 0.717) is 25.0 Å². The van der Waals surface area contributed by atoms with Crippen LogP contribution in [0.2, 0.25) is 0 Å². The van der Waals surface area contributed by atoms with Crippen molar-refractivity contribution in [2.75, 3.05) is 13.2 Å². The highest BCUT2D eigenvalue weighted by Gasteiger charge is 2.14. The second-order valence-corrected chi connectivity index (χ2v) is 13.7. The molecule has 0 aliphatic carbocycles. The Kier molecular flexibility index (Phi) is 15.3. The predicted octanol–water partition coefficient (Wildman–Crippen LogP) is 10.5. The lowest BCUT2D eigenvalue weighted by molar-refractivity contribution is 0.275. The number of aliphatic hydroxyl groups excluding tert-OH is 2. The molecule has 2 atom stereocenters. The van der Waals surface area contributed by atoms with Crippen molar-refractivity contribution in [1.29, 1.82) is 0 Å². The molecule has 0 bridgehead atoms. The minimum Gasteiger partial charge on any atom is -0.494 e. The highest BCUT2D eigenvalue weighted by molar-refractivity contribution is 5.77. The minimum atomic E-state index is -0.0993. The van der Waals surface area contributed by atoms with Crippen LogP contribution in [-0.2, 0) is 13.2 Å². The van der Waals surface area contributed by atoms with Crippen molar-refractivity contribution < 1.29 is 19.7 Å². The molecule has 0 amide bonds. The summed E-state index contributed by atoms with van der Waals surface area (Å²) in [4.78, 5) is 0. The number of benzene rings is 3. The molecule has 0 aliphatic rings. The van der Waals surface area contributed by atoms with Gasteiger partial charge >= 0.3 is 0 Å². The van der Waals surface area contributed by atoms with E-state index in [0.717, 1.165) is 69.6 Å². The highest BCUT2D eigenvalue weighted by Crippen LogP contribution is 2.35. The topological polar surface area (TPSA) is 58.9 Å². The summed E-state index contributed by atoms with van der Waals surface area (Å²) in [5.41, 5.74) is 5.39. The fraction of sp³-hybridized carbons (Fsp3) is 0.550. The van der Waals surface area contributed by atoms with E-state index in [-0.39, 0.29) is 13.2 Å². The lowest BCUT2D eigenvalue weighted by Gasteiger charge is -2.17. The quantitative estimate of drug-likeness (QED) is 0.135. The molecule has 3 rings (SSSR count). The number of aliphatic hydroxyl groups is 2. The number of hydrogen-bond acceptors (Lipinski definition) is 4. The number of rotatable bonds is 20. The van der Waals surface area contributed by atoms with Crippen LogP contribution >= 0.6 is 0 Å². The lowest BCUT2D eigenvalue weighted by atomic mass is 9.91. The average Bonchev–Trinajstić information content (AvgIpc) is 3.00. The molecule has 242 valence electrons. The molecule has 2 N–H and O–H groups in total. The van der Waals surface area contributed by atoms with Crippen molar-refractivity contribution >= 4 is 0 Å². The van der Waals surface area contributed by atoms with Gasteiger partial charge in [-0.1, -0.05) is 104 Å². The second kappa shape index (κ2) is 18.9. The summed E-state index contributed by atoms with van der Waals surface area (Å²) in [5, 5.41) is 20.8. The van der Waals surface area contributed by atoms with Crippen molar-refractivity contribution in [2.45, 2.75) is 106 Å². The SMILES string of the molecule is CC(C)CCCC(C)CCOc1cccc(-c2cc(CO)c(-c3cccc(OCCC(C)CCCC(C)C)c3)cc2CO)c1. The van der Waals surface area contributed by atoms with E-state index < -0.39 is 0 Å². The molecule has 44 heavy (non-hydrogen) atoms. The van der Waals surface area contributed by atoms with E-state index in [4.69, 9.17) is 9.47 Å². The smallest absolute Gasteiger partial charge is 0.119 e. The first-order valence-electron chi connectivity index (χ1n) is 17.0. The Balaban J connectivity index is 1.68. The van der Waals surface area contributed by atoms with Gasteiger partial charge in [-0.2, -0.15) is 0 Å². The molecule has 0 fully saturated rings.